The Morgan fingerprint density at radius 3 is 2.36 bits per heavy atom. The molecule has 3 N–H and O–H groups in total. The lowest BCUT2D eigenvalue weighted by Gasteiger charge is -2.28. The molecule has 2 atom stereocenters. The number of hydrogen-bond donors (Lipinski definition) is 3. The van der Waals surface area contributed by atoms with Crippen LogP contribution in [0.2, 0.25) is 0 Å². The summed E-state index contributed by atoms with van der Waals surface area (Å²) in [5, 5.41) is 24.4. The third kappa shape index (κ3) is 3.60. The lowest BCUT2D eigenvalue weighted by atomic mass is 9.96. The maximum atomic E-state index is 10.5. The first-order valence-electron chi connectivity index (χ1n) is 10.7. The highest BCUT2D eigenvalue weighted by atomic mass is 32.1. The first-order valence-corrected chi connectivity index (χ1v) is 11.1. The van der Waals surface area contributed by atoms with Gasteiger partial charge in [-0.05, 0) is 86.2 Å². The molecule has 0 aliphatic carbocycles. The summed E-state index contributed by atoms with van der Waals surface area (Å²) in [5.74, 6) is 0.426. The maximum Gasteiger partial charge on any atom is 0.174 e. The largest absolute Gasteiger partial charge is 0.508 e. The van der Waals surface area contributed by atoms with E-state index in [9.17, 15) is 10.2 Å². The van der Waals surface area contributed by atoms with Crippen molar-refractivity contribution >= 4 is 23.0 Å². The number of thiocarbonyl (C=S) groups is 1. The van der Waals surface area contributed by atoms with Crippen LogP contribution in [0.1, 0.15) is 34.7 Å². The van der Waals surface area contributed by atoms with Crippen molar-refractivity contribution in [2.24, 2.45) is 0 Å². The fourth-order valence-electron chi connectivity index (χ4n) is 4.67. The minimum absolute atomic E-state index is 0.175. The van der Waals surface area contributed by atoms with Gasteiger partial charge in [0.05, 0.1) is 23.5 Å². The van der Waals surface area contributed by atoms with Gasteiger partial charge in [0, 0.05) is 23.3 Å². The van der Waals surface area contributed by atoms with E-state index in [-0.39, 0.29) is 23.6 Å². The summed E-state index contributed by atoms with van der Waals surface area (Å²) < 4.78 is 2.07. The van der Waals surface area contributed by atoms with Gasteiger partial charge in [0.25, 0.3) is 0 Å². The highest BCUT2D eigenvalue weighted by Gasteiger charge is 2.42. The Hall–Kier alpha value is -3.84. The second-order valence-electron chi connectivity index (χ2n) is 8.16. The van der Waals surface area contributed by atoms with Gasteiger partial charge < -0.3 is 25.0 Å². The first-order chi connectivity index (χ1) is 16.0. The Labute approximate surface area is 197 Å². The van der Waals surface area contributed by atoms with Gasteiger partial charge in [-0.1, -0.05) is 18.2 Å². The molecule has 6 nitrogen and oxygen atoms in total. The normalized spacial score (nSPS) is 17.9. The van der Waals surface area contributed by atoms with E-state index >= 15 is 0 Å². The molecule has 0 unspecified atom stereocenters. The second kappa shape index (κ2) is 8.26. The predicted octanol–water partition coefficient (Wildman–Crippen LogP) is 5.08. The molecule has 33 heavy (non-hydrogen) atoms. The second-order valence-corrected chi connectivity index (χ2v) is 8.55. The van der Waals surface area contributed by atoms with Crippen molar-refractivity contribution in [1.82, 2.24) is 14.9 Å². The van der Waals surface area contributed by atoms with Crippen LogP contribution in [-0.4, -0.2) is 24.9 Å². The van der Waals surface area contributed by atoms with Crippen molar-refractivity contribution in [2.45, 2.75) is 25.9 Å². The third-order valence-corrected chi connectivity index (χ3v) is 6.45. The minimum Gasteiger partial charge on any atom is -0.508 e. The van der Waals surface area contributed by atoms with Crippen molar-refractivity contribution in [3.05, 3.63) is 102 Å². The summed E-state index contributed by atoms with van der Waals surface area (Å²) in [6.45, 7) is 4.09. The SMILES string of the molecule is Cc1cc([C@H]2[C@@H](c3ccccn3)NC(=S)N2c2ccc(O)cc2)c(C)n1-c1ccccc1O. The monoisotopic (exact) mass is 456 g/mol. The zero-order valence-electron chi connectivity index (χ0n) is 18.3. The molecule has 1 saturated heterocycles. The number of hydrogen-bond acceptors (Lipinski definition) is 4. The molecular weight excluding hydrogens is 432 g/mol. The molecule has 1 fully saturated rings. The molecular formula is C26H24N4O2S. The Morgan fingerprint density at radius 2 is 1.67 bits per heavy atom. The number of nitrogens with zero attached hydrogens (tertiary/aromatic N) is 3. The fraction of sp³-hybridized carbons (Fsp3) is 0.154. The van der Waals surface area contributed by atoms with Crippen molar-refractivity contribution in [3.8, 4) is 17.2 Å². The number of phenols is 2. The smallest absolute Gasteiger partial charge is 0.174 e. The van der Waals surface area contributed by atoms with Crippen molar-refractivity contribution in [2.75, 3.05) is 4.90 Å². The van der Waals surface area contributed by atoms with E-state index in [1.54, 1.807) is 24.4 Å². The molecule has 2 aromatic carbocycles. The standard InChI is InChI=1S/C26H24N4O2S/c1-16-15-20(17(2)29(16)22-8-3-4-9-23(22)32)25-24(21-7-5-6-14-27-21)28-26(33)30(25)18-10-12-19(31)13-11-18/h3-15,24-25,31-32H,1-2H3,(H,28,33)/t24-,25+/m1/s1. The van der Waals surface area contributed by atoms with Crippen LogP contribution in [0.3, 0.4) is 0 Å². The van der Waals surface area contributed by atoms with Crippen LogP contribution in [0.4, 0.5) is 5.69 Å². The van der Waals surface area contributed by atoms with Gasteiger partial charge in [-0.15, -0.1) is 0 Å². The summed E-state index contributed by atoms with van der Waals surface area (Å²) in [7, 11) is 0. The van der Waals surface area contributed by atoms with E-state index in [0.717, 1.165) is 34.0 Å². The van der Waals surface area contributed by atoms with Gasteiger partial charge in [0.15, 0.2) is 5.11 Å². The number of pyridine rings is 1. The molecule has 1 aliphatic heterocycles. The Balaban J connectivity index is 1.69. The number of nitrogens with one attached hydrogen (secondary N) is 1. The van der Waals surface area contributed by atoms with Crippen molar-refractivity contribution in [3.63, 3.8) is 0 Å². The van der Waals surface area contributed by atoms with E-state index in [0.29, 0.717) is 5.11 Å². The number of aryl methyl sites for hydroxylation is 1. The summed E-state index contributed by atoms with van der Waals surface area (Å²) in [6.07, 6.45) is 1.78. The number of aromatic hydroxyl groups is 2. The fourth-order valence-corrected chi connectivity index (χ4v) is 5.02. The van der Waals surface area contributed by atoms with Crippen LogP contribution in [0.5, 0.6) is 11.5 Å². The van der Waals surface area contributed by atoms with Crippen molar-refractivity contribution in [1.29, 1.82) is 0 Å². The van der Waals surface area contributed by atoms with E-state index in [2.05, 4.69) is 32.8 Å². The van der Waals surface area contributed by atoms with Crippen LogP contribution >= 0.6 is 12.2 Å². The van der Waals surface area contributed by atoms with Crippen LogP contribution in [0, 0.1) is 13.8 Å². The number of benzene rings is 2. The molecule has 3 heterocycles. The molecule has 0 saturated carbocycles. The first kappa shape index (κ1) is 21.0. The molecule has 0 spiro atoms. The predicted molar refractivity (Wildman–Crippen MR) is 133 cm³/mol. The van der Waals surface area contributed by atoms with Gasteiger partial charge in [0.2, 0.25) is 0 Å². The molecule has 166 valence electrons. The molecule has 1 aliphatic rings. The van der Waals surface area contributed by atoms with Crippen LogP contribution < -0.4 is 10.2 Å². The van der Waals surface area contributed by atoms with Gasteiger partial charge in [-0.3, -0.25) is 4.98 Å². The summed E-state index contributed by atoms with van der Waals surface area (Å²) in [5.41, 5.74) is 5.59. The lowest BCUT2D eigenvalue weighted by Crippen LogP contribution is -2.29. The Morgan fingerprint density at radius 1 is 0.939 bits per heavy atom. The summed E-state index contributed by atoms with van der Waals surface area (Å²) >= 11 is 5.78. The van der Waals surface area contributed by atoms with Gasteiger partial charge in [-0.2, -0.15) is 0 Å². The summed E-state index contributed by atoms with van der Waals surface area (Å²) in [4.78, 5) is 6.68. The zero-order valence-corrected chi connectivity index (χ0v) is 19.1. The average Bonchev–Trinajstić information content (AvgIpc) is 3.31. The highest BCUT2D eigenvalue weighted by Crippen LogP contribution is 2.44. The van der Waals surface area contributed by atoms with Gasteiger partial charge in [-0.25, -0.2) is 0 Å². The van der Waals surface area contributed by atoms with Crippen LogP contribution in [0.15, 0.2) is 79.0 Å². The number of phenolic OH excluding ortho intramolecular Hbond substituents is 2. The molecule has 0 bridgehead atoms. The molecule has 0 radical (unpaired) electrons. The molecule has 4 aromatic rings. The highest BCUT2D eigenvalue weighted by molar-refractivity contribution is 7.80. The van der Waals surface area contributed by atoms with E-state index in [1.165, 1.54) is 0 Å². The van der Waals surface area contributed by atoms with Crippen LogP contribution in [0.25, 0.3) is 5.69 Å². The Kier molecular flexibility index (Phi) is 5.26. The molecule has 0 amide bonds. The van der Waals surface area contributed by atoms with E-state index in [4.69, 9.17) is 12.2 Å². The number of aromatic nitrogens is 2. The van der Waals surface area contributed by atoms with Gasteiger partial charge in [0.1, 0.15) is 11.5 Å². The maximum absolute atomic E-state index is 10.5. The molecule has 7 heteroatoms. The third-order valence-electron chi connectivity index (χ3n) is 6.14. The van der Waals surface area contributed by atoms with E-state index in [1.807, 2.05) is 55.5 Å². The topological polar surface area (TPSA) is 73.5 Å². The number of para-hydroxylation sites is 2. The van der Waals surface area contributed by atoms with Gasteiger partial charge >= 0.3 is 0 Å². The average molecular weight is 457 g/mol. The van der Waals surface area contributed by atoms with E-state index < -0.39 is 0 Å². The Bertz CT molecular complexity index is 1320. The molecule has 5 rings (SSSR count). The zero-order chi connectivity index (χ0) is 23.1. The molecule has 2 aromatic heterocycles. The van der Waals surface area contributed by atoms with Crippen LogP contribution in [-0.2, 0) is 0 Å². The summed E-state index contributed by atoms with van der Waals surface area (Å²) in [6, 6.07) is 22.0. The number of anilines is 1. The minimum atomic E-state index is -0.178. The lowest BCUT2D eigenvalue weighted by molar-refractivity contribution is 0.471. The number of rotatable bonds is 4. The van der Waals surface area contributed by atoms with Crippen molar-refractivity contribution < 1.29 is 10.2 Å². The quantitative estimate of drug-likeness (QED) is 0.372.